The van der Waals surface area contributed by atoms with Crippen LogP contribution in [0.2, 0.25) is 0 Å². The number of rotatable bonds is 8. The van der Waals surface area contributed by atoms with E-state index in [0.717, 1.165) is 25.5 Å². The van der Waals surface area contributed by atoms with E-state index in [-0.39, 0.29) is 11.7 Å². The van der Waals surface area contributed by atoms with Crippen molar-refractivity contribution >= 4 is 11.9 Å². The van der Waals surface area contributed by atoms with Gasteiger partial charge in [0.1, 0.15) is 5.75 Å². The Hall–Kier alpha value is -3.02. The van der Waals surface area contributed by atoms with Gasteiger partial charge in [-0.05, 0) is 44.0 Å². The minimum atomic E-state index is -0.191. The lowest BCUT2D eigenvalue weighted by atomic mass is 10.1. The van der Waals surface area contributed by atoms with Gasteiger partial charge in [-0.3, -0.25) is 9.79 Å². The molecule has 0 radical (unpaired) electrons. The molecule has 0 aliphatic rings. The molecule has 0 spiro atoms. The van der Waals surface area contributed by atoms with Crippen LogP contribution in [0.5, 0.6) is 5.75 Å². The van der Waals surface area contributed by atoms with Gasteiger partial charge in [0.25, 0.3) is 5.91 Å². The maximum atomic E-state index is 12.1. The molecule has 3 N–H and O–H groups in total. The normalized spacial score (nSPS) is 11.2. The molecule has 2 aromatic rings. The number of phenols is 1. The van der Waals surface area contributed by atoms with Gasteiger partial charge in [-0.25, -0.2) is 0 Å². The zero-order chi connectivity index (χ0) is 20.4. The van der Waals surface area contributed by atoms with Gasteiger partial charge in [0.15, 0.2) is 5.96 Å². The number of aromatic hydroxyl groups is 1. The number of guanidine groups is 1. The lowest BCUT2D eigenvalue weighted by Gasteiger charge is -2.22. The Bertz CT molecular complexity index is 787. The molecular weight excluding hydrogens is 352 g/mol. The van der Waals surface area contributed by atoms with Crippen LogP contribution in [0.15, 0.2) is 53.5 Å². The third-order valence-electron chi connectivity index (χ3n) is 4.23. The highest BCUT2D eigenvalue weighted by molar-refractivity contribution is 5.94. The lowest BCUT2D eigenvalue weighted by molar-refractivity contribution is 0.0953. The molecule has 0 aliphatic heterocycles. The molecule has 150 valence electrons. The lowest BCUT2D eigenvalue weighted by Crippen LogP contribution is -2.38. The number of benzene rings is 2. The summed E-state index contributed by atoms with van der Waals surface area (Å²) in [5, 5.41) is 15.6. The topological polar surface area (TPSA) is 77.0 Å². The van der Waals surface area contributed by atoms with Crippen molar-refractivity contribution in [1.29, 1.82) is 0 Å². The van der Waals surface area contributed by atoms with E-state index in [1.807, 2.05) is 14.0 Å². The number of aliphatic imine (C=N–C) groups is 1. The van der Waals surface area contributed by atoms with E-state index in [1.54, 1.807) is 18.2 Å². The van der Waals surface area contributed by atoms with E-state index in [1.165, 1.54) is 17.2 Å². The molecule has 0 saturated carbocycles. The molecule has 1 amide bonds. The fourth-order valence-corrected chi connectivity index (χ4v) is 2.73. The monoisotopic (exact) mass is 382 g/mol. The van der Waals surface area contributed by atoms with Gasteiger partial charge in [-0.2, -0.15) is 0 Å². The van der Waals surface area contributed by atoms with Crippen molar-refractivity contribution in [2.45, 2.75) is 26.8 Å². The molecule has 2 rings (SSSR count). The average molecular weight is 383 g/mol. The zero-order valence-corrected chi connectivity index (χ0v) is 16.9. The molecule has 0 aromatic heterocycles. The number of aryl methyl sites for hydroxylation is 1. The van der Waals surface area contributed by atoms with Gasteiger partial charge >= 0.3 is 0 Å². The first kappa shape index (κ1) is 21.3. The van der Waals surface area contributed by atoms with Gasteiger partial charge in [-0.15, -0.1) is 0 Å². The number of phenolic OH excluding ortho intramolecular Hbond substituents is 1. The smallest absolute Gasteiger partial charge is 0.251 e. The number of hydrogen-bond donors (Lipinski definition) is 3. The SMILES string of the molecule is CCNC(=NCCCNC(=O)c1cccc(O)c1)N(C)Cc1ccc(C)cc1. The summed E-state index contributed by atoms with van der Waals surface area (Å²) in [6.45, 7) is 6.84. The predicted octanol–water partition coefficient (Wildman–Crippen LogP) is 2.92. The number of amides is 1. The fourth-order valence-electron chi connectivity index (χ4n) is 2.73. The number of nitrogens with zero attached hydrogens (tertiary/aromatic N) is 2. The Morgan fingerprint density at radius 3 is 2.57 bits per heavy atom. The van der Waals surface area contributed by atoms with Crippen molar-refractivity contribution in [3.63, 3.8) is 0 Å². The van der Waals surface area contributed by atoms with E-state index >= 15 is 0 Å². The van der Waals surface area contributed by atoms with Gasteiger partial charge in [0, 0.05) is 38.8 Å². The molecular formula is C22H30N4O2. The highest BCUT2D eigenvalue weighted by Crippen LogP contribution is 2.10. The van der Waals surface area contributed by atoms with Crippen molar-refractivity contribution in [2.75, 3.05) is 26.7 Å². The number of hydrogen-bond acceptors (Lipinski definition) is 3. The summed E-state index contributed by atoms with van der Waals surface area (Å²) in [5.74, 6) is 0.745. The van der Waals surface area contributed by atoms with Gasteiger partial charge in [0.05, 0.1) is 0 Å². The van der Waals surface area contributed by atoms with Crippen LogP contribution in [-0.4, -0.2) is 48.6 Å². The zero-order valence-electron chi connectivity index (χ0n) is 16.9. The van der Waals surface area contributed by atoms with Crippen LogP contribution < -0.4 is 10.6 Å². The maximum Gasteiger partial charge on any atom is 0.251 e. The number of carbonyl (C=O) groups is 1. The van der Waals surface area contributed by atoms with Crippen molar-refractivity contribution in [1.82, 2.24) is 15.5 Å². The molecule has 0 unspecified atom stereocenters. The first-order valence-electron chi connectivity index (χ1n) is 9.62. The largest absolute Gasteiger partial charge is 0.508 e. The standard InChI is InChI=1S/C22H30N4O2/c1-4-23-22(26(3)16-18-11-9-17(2)10-12-18)25-14-6-13-24-21(28)19-7-5-8-20(27)15-19/h5,7-12,15,27H,4,6,13-14,16H2,1-3H3,(H,23,25)(H,24,28). The molecule has 6 nitrogen and oxygen atoms in total. The van der Waals surface area contributed by atoms with Crippen LogP contribution in [0.3, 0.4) is 0 Å². The van der Waals surface area contributed by atoms with E-state index in [2.05, 4.69) is 51.7 Å². The third-order valence-corrected chi connectivity index (χ3v) is 4.23. The van der Waals surface area contributed by atoms with E-state index < -0.39 is 0 Å². The molecule has 6 heteroatoms. The van der Waals surface area contributed by atoms with Crippen molar-refractivity contribution < 1.29 is 9.90 Å². The Morgan fingerprint density at radius 2 is 1.89 bits per heavy atom. The number of nitrogens with one attached hydrogen (secondary N) is 2. The van der Waals surface area contributed by atoms with Crippen LogP contribution in [-0.2, 0) is 6.54 Å². The number of carbonyl (C=O) groups excluding carboxylic acids is 1. The van der Waals surface area contributed by atoms with Gasteiger partial charge < -0.3 is 20.6 Å². The second-order valence-electron chi connectivity index (χ2n) is 6.74. The Labute approximate surface area is 167 Å². The van der Waals surface area contributed by atoms with E-state index in [9.17, 15) is 9.90 Å². The highest BCUT2D eigenvalue weighted by atomic mass is 16.3. The van der Waals surface area contributed by atoms with Gasteiger partial charge in [-0.1, -0.05) is 35.9 Å². The maximum absolute atomic E-state index is 12.1. The minimum absolute atomic E-state index is 0.0872. The molecule has 0 atom stereocenters. The van der Waals surface area contributed by atoms with E-state index in [4.69, 9.17) is 0 Å². The van der Waals surface area contributed by atoms with Crippen LogP contribution in [0.1, 0.15) is 34.8 Å². The summed E-state index contributed by atoms with van der Waals surface area (Å²) in [6, 6.07) is 14.8. The Balaban J connectivity index is 1.81. The second-order valence-corrected chi connectivity index (χ2v) is 6.74. The first-order valence-corrected chi connectivity index (χ1v) is 9.62. The molecule has 2 aromatic carbocycles. The summed E-state index contributed by atoms with van der Waals surface area (Å²) in [7, 11) is 2.02. The van der Waals surface area contributed by atoms with E-state index in [0.29, 0.717) is 18.7 Å². The van der Waals surface area contributed by atoms with Crippen LogP contribution in [0.4, 0.5) is 0 Å². The second kappa shape index (κ2) is 11.0. The fraction of sp³-hybridized carbons (Fsp3) is 0.364. The van der Waals surface area contributed by atoms with Crippen LogP contribution in [0.25, 0.3) is 0 Å². The third kappa shape index (κ3) is 6.95. The summed E-state index contributed by atoms with van der Waals surface area (Å²) < 4.78 is 0. The Morgan fingerprint density at radius 1 is 1.14 bits per heavy atom. The summed E-state index contributed by atoms with van der Waals surface area (Å²) in [5.41, 5.74) is 2.94. The van der Waals surface area contributed by atoms with Crippen molar-refractivity contribution in [3.8, 4) is 5.75 Å². The molecule has 0 saturated heterocycles. The first-order chi connectivity index (χ1) is 13.5. The van der Waals surface area contributed by atoms with Crippen molar-refractivity contribution in [2.24, 2.45) is 4.99 Å². The summed E-state index contributed by atoms with van der Waals surface area (Å²) in [6.07, 6.45) is 0.734. The average Bonchev–Trinajstić information content (AvgIpc) is 2.68. The van der Waals surface area contributed by atoms with Gasteiger partial charge in [0.2, 0.25) is 0 Å². The Kier molecular flexibility index (Phi) is 8.34. The summed E-state index contributed by atoms with van der Waals surface area (Å²) in [4.78, 5) is 18.8. The predicted molar refractivity (Wildman–Crippen MR) is 114 cm³/mol. The molecule has 0 bridgehead atoms. The quantitative estimate of drug-likeness (QED) is 0.373. The molecule has 0 fully saturated rings. The van der Waals surface area contributed by atoms with Crippen molar-refractivity contribution in [3.05, 3.63) is 65.2 Å². The summed E-state index contributed by atoms with van der Waals surface area (Å²) >= 11 is 0. The highest BCUT2D eigenvalue weighted by Gasteiger charge is 2.07. The molecule has 28 heavy (non-hydrogen) atoms. The molecule has 0 aliphatic carbocycles. The van der Waals surface area contributed by atoms with Crippen LogP contribution >= 0.6 is 0 Å². The minimum Gasteiger partial charge on any atom is -0.508 e. The molecule has 0 heterocycles. The van der Waals surface area contributed by atoms with Crippen LogP contribution in [0, 0.1) is 6.92 Å².